The number of amides is 1. The molecule has 7 nitrogen and oxygen atoms in total. The lowest BCUT2D eigenvalue weighted by Crippen LogP contribution is -2.37. The van der Waals surface area contributed by atoms with Crippen molar-refractivity contribution in [3.63, 3.8) is 0 Å². The van der Waals surface area contributed by atoms with Gasteiger partial charge in [-0.15, -0.1) is 0 Å². The summed E-state index contributed by atoms with van der Waals surface area (Å²) in [5, 5.41) is 24.3. The Labute approximate surface area is 161 Å². The van der Waals surface area contributed by atoms with Crippen molar-refractivity contribution >= 4 is 17.1 Å². The van der Waals surface area contributed by atoms with Crippen molar-refractivity contribution in [1.82, 2.24) is 14.6 Å². The molecule has 3 aromatic rings. The zero-order chi connectivity index (χ0) is 19.5. The molecule has 1 saturated heterocycles. The van der Waals surface area contributed by atoms with Crippen molar-refractivity contribution in [3.05, 3.63) is 42.9 Å². The molecule has 1 aliphatic carbocycles. The van der Waals surface area contributed by atoms with Gasteiger partial charge in [0.15, 0.2) is 0 Å². The number of aromatic hydroxyl groups is 1. The summed E-state index contributed by atoms with van der Waals surface area (Å²) >= 11 is 0. The fraction of sp³-hybridized carbons (Fsp3) is 0.333. The lowest BCUT2D eigenvalue weighted by atomic mass is 9.75. The second kappa shape index (κ2) is 5.80. The number of nitrogens with zero attached hydrogens (tertiary/aromatic N) is 5. The fourth-order valence-corrected chi connectivity index (χ4v) is 4.48. The molecule has 1 saturated carbocycles. The molecule has 4 heterocycles. The molecule has 0 radical (unpaired) electrons. The Bertz CT molecular complexity index is 1140. The maximum Gasteiger partial charge on any atom is 0.248 e. The van der Waals surface area contributed by atoms with Gasteiger partial charge in [-0.3, -0.25) is 9.78 Å². The maximum absolute atomic E-state index is 13.3. The zero-order valence-electron chi connectivity index (χ0n) is 15.4. The zero-order valence-corrected chi connectivity index (χ0v) is 15.4. The first kappa shape index (κ1) is 16.8. The largest absolute Gasteiger partial charge is 0.506 e. The van der Waals surface area contributed by atoms with Gasteiger partial charge in [0.1, 0.15) is 16.9 Å². The molecule has 3 aromatic heterocycles. The summed E-state index contributed by atoms with van der Waals surface area (Å²) in [5.41, 5.74) is 1.73. The Morgan fingerprint density at radius 3 is 2.86 bits per heavy atom. The van der Waals surface area contributed by atoms with Crippen LogP contribution in [0.3, 0.4) is 0 Å². The van der Waals surface area contributed by atoms with Crippen LogP contribution in [-0.2, 0) is 4.79 Å². The number of hydrogen-bond donors (Lipinski definition) is 1. The molecule has 2 aliphatic rings. The summed E-state index contributed by atoms with van der Waals surface area (Å²) in [6, 6.07) is 9.30. The van der Waals surface area contributed by atoms with Crippen molar-refractivity contribution in [2.45, 2.75) is 19.8 Å². The van der Waals surface area contributed by atoms with Crippen LogP contribution >= 0.6 is 0 Å². The lowest BCUT2D eigenvalue weighted by Gasteiger charge is -2.23. The molecule has 1 N–H and O–H groups in total. The predicted octanol–water partition coefficient (Wildman–Crippen LogP) is 3.00. The van der Waals surface area contributed by atoms with E-state index in [0.29, 0.717) is 17.8 Å². The number of anilines is 1. The van der Waals surface area contributed by atoms with E-state index in [-0.39, 0.29) is 23.5 Å². The van der Waals surface area contributed by atoms with Crippen LogP contribution in [0.15, 0.2) is 42.9 Å². The van der Waals surface area contributed by atoms with Gasteiger partial charge < -0.3 is 10.0 Å². The second-order valence-corrected chi connectivity index (χ2v) is 7.72. The van der Waals surface area contributed by atoms with Crippen molar-refractivity contribution < 1.29 is 9.90 Å². The highest BCUT2D eigenvalue weighted by Gasteiger charge is 2.61. The van der Waals surface area contributed by atoms with Gasteiger partial charge in [0.05, 0.1) is 17.3 Å². The van der Waals surface area contributed by atoms with Crippen molar-refractivity contribution in [2.75, 3.05) is 11.4 Å². The smallest absolute Gasteiger partial charge is 0.248 e. The molecule has 28 heavy (non-hydrogen) atoms. The first-order valence-electron chi connectivity index (χ1n) is 9.41. The minimum absolute atomic E-state index is 0.0278. The molecule has 0 unspecified atom stereocenters. The van der Waals surface area contributed by atoms with Crippen molar-refractivity contribution in [1.29, 1.82) is 5.26 Å². The number of fused-ring (bicyclic) bond motifs is 1. The van der Waals surface area contributed by atoms with Crippen LogP contribution in [-0.4, -0.2) is 32.2 Å². The lowest BCUT2D eigenvalue weighted by molar-refractivity contribution is -0.124. The highest BCUT2D eigenvalue weighted by Crippen LogP contribution is 2.54. The number of aromatic nitrogens is 3. The third-order valence-electron chi connectivity index (χ3n) is 6.08. The van der Waals surface area contributed by atoms with Gasteiger partial charge in [-0.25, -0.2) is 4.52 Å². The van der Waals surface area contributed by atoms with E-state index in [1.54, 1.807) is 40.1 Å². The summed E-state index contributed by atoms with van der Waals surface area (Å²) in [6.45, 7) is 2.51. The van der Waals surface area contributed by atoms with Crippen molar-refractivity contribution in [2.24, 2.45) is 17.3 Å². The molecule has 5 rings (SSSR count). The molecule has 140 valence electrons. The van der Waals surface area contributed by atoms with Gasteiger partial charge in [0.25, 0.3) is 0 Å². The van der Waals surface area contributed by atoms with Gasteiger partial charge in [0, 0.05) is 36.6 Å². The molecule has 1 aliphatic heterocycles. The van der Waals surface area contributed by atoms with E-state index in [4.69, 9.17) is 0 Å². The Kier molecular flexibility index (Phi) is 3.47. The number of hydrogen-bond acceptors (Lipinski definition) is 5. The Balaban J connectivity index is 1.62. The molecular weight excluding hydrogens is 354 g/mol. The molecule has 2 atom stereocenters. The number of carbonyl (C=O) groups excluding carboxylic acids is 1. The van der Waals surface area contributed by atoms with Gasteiger partial charge >= 0.3 is 0 Å². The van der Waals surface area contributed by atoms with Gasteiger partial charge in [-0.05, 0) is 43.0 Å². The SMILES string of the molecule is C[C@@H]1CN(c2ccnn3cc(-c4ncccc4O)cc23)C(=O)[C@]1(C#N)C1CC1. The second-order valence-electron chi connectivity index (χ2n) is 7.72. The number of rotatable bonds is 3. The van der Waals surface area contributed by atoms with Crippen LogP contribution in [0.1, 0.15) is 19.8 Å². The van der Waals surface area contributed by atoms with Crippen LogP contribution in [0.25, 0.3) is 16.8 Å². The van der Waals surface area contributed by atoms with Crippen LogP contribution in [0, 0.1) is 28.6 Å². The van der Waals surface area contributed by atoms with Crippen LogP contribution in [0.4, 0.5) is 5.69 Å². The van der Waals surface area contributed by atoms with Crippen LogP contribution in [0.2, 0.25) is 0 Å². The Hall–Kier alpha value is -3.40. The molecule has 1 amide bonds. The number of carbonyl (C=O) groups is 1. The van der Waals surface area contributed by atoms with E-state index in [2.05, 4.69) is 16.2 Å². The van der Waals surface area contributed by atoms with E-state index >= 15 is 0 Å². The molecule has 0 aromatic carbocycles. The summed E-state index contributed by atoms with van der Waals surface area (Å²) in [4.78, 5) is 19.3. The first-order valence-corrected chi connectivity index (χ1v) is 9.41. The predicted molar refractivity (Wildman–Crippen MR) is 102 cm³/mol. The van der Waals surface area contributed by atoms with Crippen molar-refractivity contribution in [3.8, 4) is 23.1 Å². The van der Waals surface area contributed by atoms with E-state index in [1.165, 1.54) is 0 Å². The monoisotopic (exact) mass is 373 g/mol. The normalized spacial score (nSPS) is 24.6. The van der Waals surface area contributed by atoms with E-state index < -0.39 is 5.41 Å². The minimum Gasteiger partial charge on any atom is -0.506 e. The average Bonchev–Trinajstić information content (AvgIpc) is 3.39. The molecule has 7 heteroatoms. The van der Waals surface area contributed by atoms with Gasteiger partial charge in [-0.1, -0.05) is 6.92 Å². The van der Waals surface area contributed by atoms with E-state index in [1.807, 2.05) is 19.1 Å². The molecule has 2 fully saturated rings. The highest BCUT2D eigenvalue weighted by atomic mass is 16.3. The Morgan fingerprint density at radius 2 is 2.14 bits per heavy atom. The third kappa shape index (κ3) is 2.18. The summed E-state index contributed by atoms with van der Waals surface area (Å²) in [7, 11) is 0. The molecular formula is C21H19N5O2. The average molecular weight is 373 g/mol. The standard InChI is InChI=1S/C21H19N5O2/c1-13-10-25(20(28)21(13,12-22)15-4-5-15)16-6-8-24-26-11-14(9-17(16)26)19-18(27)3-2-7-23-19/h2-3,6-9,11,13,15,27H,4-5,10H2,1H3/t13-,21+/m1/s1. The first-order chi connectivity index (χ1) is 13.6. The third-order valence-corrected chi connectivity index (χ3v) is 6.08. The van der Waals surface area contributed by atoms with Gasteiger partial charge in [-0.2, -0.15) is 10.4 Å². The summed E-state index contributed by atoms with van der Waals surface area (Å²) < 4.78 is 1.68. The number of nitriles is 1. The highest BCUT2D eigenvalue weighted by molar-refractivity contribution is 6.05. The van der Waals surface area contributed by atoms with Crippen LogP contribution in [0.5, 0.6) is 5.75 Å². The van der Waals surface area contributed by atoms with E-state index in [0.717, 1.165) is 24.0 Å². The van der Waals surface area contributed by atoms with E-state index in [9.17, 15) is 15.2 Å². The number of pyridine rings is 1. The maximum atomic E-state index is 13.3. The molecule has 0 bridgehead atoms. The molecule has 0 spiro atoms. The summed E-state index contributed by atoms with van der Waals surface area (Å²) in [6.07, 6.45) is 6.93. The minimum atomic E-state index is -0.922. The van der Waals surface area contributed by atoms with Crippen LogP contribution < -0.4 is 4.90 Å². The van der Waals surface area contributed by atoms with Gasteiger partial charge in [0.2, 0.25) is 5.91 Å². The Morgan fingerprint density at radius 1 is 1.32 bits per heavy atom. The topological polar surface area (TPSA) is 94.5 Å². The quantitative estimate of drug-likeness (QED) is 0.761. The summed E-state index contributed by atoms with van der Waals surface area (Å²) in [5.74, 6) is 0.111. The fourth-order valence-electron chi connectivity index (χ4n) is 4.48.